The lowest BCUT2D eigenvalue weighted by Crippen LogP contribution is -2.59. The Bertz CT molecular complexity index is 1180. The number of carbonyl (C=O) groups excluding carboxylic acids is 4. The van der Waals surface area contributed by atoms with Crippen LogP contribution in [0.15, 0.2) is 0 Å². The molecular formula is C22H31N5O18. The number of amides is 4. The molecule has 0 aliphatic heterocycles. The van der Waals surface area contributed by atoms with Crippen LogP contribution in [0.3, 0.4) is 0 Å². The molecule has 4 amide bonds. The van der Waals surface area contributed by atoms with Gasteiger partial charge in [-0.05, 0) is 0 Å². The lowest BCUT2D eigenvalue weighted by molar-refractivity contribution is -0.148. The first-order valence-electron chi connectivity index (χ1n) is 12.1. The summed E-state index contributed by atoms with van der Waals surface area (Å²) in [5.74, 6) is -16.8. The number of hydrogen-bond donors (Lipinski definition) is 12. The first-order chi connectivity index (χ1) is 20.6. The molecule has 23 heteroatoms. The molecule has 0 aliphatic rings. The van der Waals surface area contributed by atoms with E-state index in [-0.39, 0.29) is 0 Å². The minimum Gasteiger partial charge on any atom is -0.481 e. The summed E-state index contributed by atoms with van der Waals surface area (Å²) in [5.41, 5.74) is 5.35. The molecule has 0 radical (unpaired) electrons. The first kappa shape index (κ1) is 41.3. The van der Waals surface area contributed by atoms with Crippen molar-refractivity contribution >= 4 is 65.4 Å². The molecule has 0 saturated carbocycles. The lowest BCUT2D eigenvalue weighted by atomic mass is 10.1. The number of nitrogens with two attached hydrogens (primary N) is 1. The van der Waals surface area contributed by atoms with Crippen LogP contribution in [0.2, 0.25) is 0 Å². The zero-order valence-electron chi connectivity index (χ0n) is 23.1. The highest BCUT2D eigenvalue weighted by atomic mass is 16.4. The van der Waals surface area contributed by atoms with Gasteiger partial charge in [-0.25, -0.2) is 4.79 Å². The van der Waals surface area contributed by atoms with Gasteiger partial charge in [-0.3, -0.25) is 47.9 Å². The third-order valence-corrected chi connectivity index (χ3v) is 4.76. The normalized spacial score (nSPS) is 13.4. The molecule has 5 atom stereocenters. The Balaban J connectivity index is 0. The minimum absolute atomic E-state index is 0.833. The second-order valence-corrected chi connectivity index (χ2v) is 8.70. The maximum Gasteiger partial charge on any atom is 0.326 e. The van der Waals surface area contributed by atoms with Crippen LogP contribution in [0.25, 0.3) is 0 Å². The quantitative estimate of drug-likeness (QED) is 0.0619. The fourth-order valence-electron chi connectivity index (χ4n) is 2.90. The molecule has 0 fully saturated rings. The van der Waals surface area contributed by atoms with Gasteiger partial charge in [0, 0.05) is 6.92 Å². The second-order valence-electron chi connectivity index (χ2n) is 8.70. The van der Waals surface area contributed by atoms with E-state index in [9.17, 15) is 47.9 Å². The Morgan fingerprint density at radius 3 is 0.911 bits per heavy atom. The maximum absolute atomic E-state index is 12.7. The van der Waals surface area contributed by atoms with Gasteiger partial charge >= 0.3 is 35.8 Å². The fraction of sp³-hybridized carbons (Fsp3) is 0.500. The molecule has 45 heavy (non-hydrogen) atoms. The SMILES string of the molecule is CC(=O)O.N[C@@H](CC(=O)O)C(=O)N[C@@H](CC(=O)O)C(=O)N[C@@H](CC(=O)O)C(=O)N[C@@H](CC(=O)O)C(=O)N[C@@H](CC(=O)O)C(=O)O. The highest BCUT2D eigenvalue weighted by Gasteiger charge is 2.34. The first-order valence-corrected chi connectivity index (χ1v) is 12.1. The molecule has 0 heterocycles. The third kappa shape index (κ3) is 19.8. The molecule has 0 rings (SSSR count). The van der Waals surface area contributed by atoms with E-state index in [1.54, 1.807) is 16.0 Å². The van der Waals surface area contributed by atoms with Crippen molar-refractivity contribution in [3.05, 3.63) is 0 Å². The van der Waals surface area contributed by atoms with E-state index < -0.39 is 128 Å². The molecule has 0 aromatic heterocycles. The fourth-order valence-corrected chi connectivity index (χ4v) is 2.90. The van der Waals surface area contributed by atoms with Crippen LogP contribution in [0, 0.1) is 0 Å². The van der Waals surface area contributed by atoms with Crippen molar-refractivity contribution in [1.82, 2.24) is 21.3 Å². The van der Waals surface area contributed by atoms with Crippen LogP contribution in [0.5, 0.6) is 0 Å². The molecule has 0 aliphatic carbocycles. The summed E-state index contributed by atoms with van der Waals surface area (Å²) in [6.07, 6.45) is -5.66. The van der Waals surface area contributed by atoms with Gasteiger partial charge < -0.3 is 62.7 Å². The van der Waals surface area contributed by atoms with Gasteiger partial charge in [-0.15, -0.1) is 0 Å². The summed E-state index contributed by atoms with van der Waals surface area (Å²) in [5, 5.41) is 68.3. The minimum atomic E-state index is -2.14. The molecule has 0 spiro atoms. The lowest BCUT2D eigenvalue weighted by Gasteiger charge is -2.24. The third-order valence-electron chi connectivity index (χ3n) is 4.76. The van der Waals surface area contributed by atoms with E-state index in [1.165, 1.54) is 0 Å². The smallest absolute Gasteiger partial charge is 0.326 e. The van der Waals surface area contributed by atoms with Crippen LogP contribution in [-0.2, 0) is 52.7 Å². The van der Waals surface area contributed by atoms with Crippen LogP contribution in [-0.4, -0.2) is 131 Å². The predicted octanol–water partition coefficient (Wildman–Crippen LogP) is -5.20. The van der Waals surface area contributed by atoms with Crippen molar-refractivity contribution < 1.29 is 88.5 Å². The monoisotopic (exact) mass is 653 g/mol. The van der Waals surface area contributed by atoms with Gasteiger partial charge in [0.1, 0.15) is 24.2 Å². The summed E-state index contributed by atoms with van der Waals surface area (Å²) in [7, 11) is 0. The summed E-state index contributed by atoms with van der Waals surface area (Å²) < 4.78 is 0. The number of aliphatic carboxylic acids is 7. The zero-order chi connectivity index (χ0) is 35.6. The van der Waals surface area contributed by atoms with Crippen molar-refractivity contribution in [3.8, 4) is 0 Å². The van der Waals surface area contributed by atoms with Crippen LogP contribution in [0.4, 0.5) is 0 Å². The largest absolute Gasteiger partial charge is 0.481 e. The van der Waals surface area contributed by atoms with Gasteiger partial charge in [0.05, 0.1) is 38.1 Å². The number of rotatable bonds is 19. The van der Waals surface area contributed by atoms with Crippen molar-refractivity contribution in [2.45, 2.75) is 69.2 Å². The topological polar surface area (TPSA) is 404 Å². The Morgan fingerprint density at radius 1 is 0.444 bits per heavy atom. The summed E-state index contributed by atoms with van der Waals surface area (Å²) in [6, 6.07) is -10.1. The van der Waals surface area contributed by atoms with Gasteiger partial charge in [-0.2, -0.15) is 0 Å². The number of carboxylic acid groups (broad SMARTS) is 7. The number of hydrogen-bond acceptors (Lipinski definition) is 12. The molecular weight excluding hydrogens is 622 g/mol. The molecule has 252 valence electrons. The van der Waals surface area contributed by atoms with E-state index in [4.69, 9.17) is 46.3 Å². The molecule has 0 aromatic carbocycles. The maximum atomic E-state index is 12.7. The average molecular weight is 654 g/mol. The Kier molecular flexibility index (Phi) is 18.4. The highest BCUT2D eigenvalue weighted by Crippen LogP contribution is 2.04. The average Bonchev–Trinajstić information content (AvgIpc) is 2.84. The summed E-state index contributed by atoms with van der Waals surface area (Å²) >= 11 is 0. The van der Waals surface area contributed by atoms with E-state index >= 15 is 0 Å². The molecule has 23 nitrogen and oxygen atoms in total. The molecule has 13 N–H and O–H groups in total. The number of carbonyl (C=O) groups is 11. The zero-order valence-corrected chi connectivity index (χ0v) is 23.1. The van der Waals surface area contributed by atoms with Gasteiger partial charge in [0.15, 0.2) is 0 Å². The van der Waals surface area contributed by atoms with Crippen molar-refractivity contribution in [2.24, 2.45) is 5.73 Å². The standard InChI is InChI=1S/C20H27N5O16.C2H4O2/c21-6(1-11(26)27)16(36)22-7(2-12(28)29)17(37)23-8(3-13(30)31)18(38)24-9(4-14(32)33)19(39)25-10(20(40)41)5-15(34)35;1-2(3)4/h6-10H,1-5,21H2,(H,22,36)(H,23,37)(H,24,38)(H,25,39)(H,26,27)(H,28,29)(H,30,31)(H,32,33)(H,34,35)(H,40,41);1H3,(H,3,4)/t6-,7-,8-,9-,10-;/m0./s1. The Labute approximate surface area is 250 Å². The van der Waals surface area contributed by atoms with Gasteiger partial charge in [0.2, 0.25) is 23.6 Å². The van der Waals surface area contributed by atoms with E-state index in [0.717, 1.165) is 6.92 Å². The molecule has 0 aromatic rings. The van der Waals surface area contributed by atoms with Crippen molar-refractivity contribution in [1.29, 1.82) is 0 Å². The highest BCUT2D eigenvalue weighted by molar-refractivity contribution is 5.99. The molecule has 0 bridgehead atoms. The predicted molar refractivity (Wildman–Crippen MR) is 138 cm³/mol. The number of carboxylic acids is 7. The van der Waals surface area contributed by atoms with Gasteiger partial charge in [0.25, 0.3) is 5.97 Å². The van der Waals surface area contributed by atoms with E-state index in [0.29, 0.717) is 0 Å². The number of nitrogens with one attached hydrogen (secondary N) is 4. The second kappa shape index (κ2) is 20.1. The van der Waals surface area contributed by atoms with Crippen LogP contribution >= 0.6 is 0 Å². The van der Waals surface area contributed by atoms with E-state index in [1.807, 2.05) is 5.32 Å². The summed E-state index contributed by atoms with van der Waals surface area (Å²) in [6.45, 7) is 1.08. The van der Waals surface area contributed by atoms with E-state index in [2.05, 4.69) is 0 Å². The van der Waals surface area contributed by atoms with Gasteiger partial charge in [-0.1, -0.05) is 0 Å². The van der Waals surface area contributed by atoms with Crippen LogP contribution < -0.4 is 27.0 Å². The molecule has 0 saturated heterocycles. The Hall–Kier alpha value is -5.87. The van der Waals surface area contributed by atoms with Crippen molar-refractivity contribution in [3.63, 3.8) is 0 Å². The summed E-state index contributed by atoms with van der Waals surface area (Å²) in [4.78, 5) is 125. The Morgan fingerprint density at radius 2 is 0.667 bits per heavy atom. The van der Waals surface area contributed by atoms with Crippen LogP contribution in [0.1, 0.15) is 39.0 Å². The van der Waals surface area contributed by atoms with Crippen molar-refractivity contribution in [2.75, 3.05) is 0 Å². The molecule has 0 unspecified atom stereocenters.